The summed E-state index contributed by atoms with van der Waals surface area (Å²) in [4.78, 5) is 26.0. The van der Waals surface area contributed by atoms with Gasteiger partial charge in [-0.1, -0.05) is 59.6 Å². The lowest BCUT2D eigenvalue weighted by Gasteiger charge is -2.13. The number of allylic oxidation sites excluding steroid dienone is 2. The minimum Gasteiger partial charge on any atom is -0.340 e. The second-order valence-electron chi connectivity index (χ2n) is 9.07. The topological polar surface area (TPSA) is 54.7 Å². The van der Waals surface area contributed by atoms with Gasteiger partial charge in [-0.3, -0.25) is 9.59 Å². The van der Waals surface area contributed by atoms with Gasteiger partial charge in [0.25, 0.3) is 11.8 Å². The second-order valence-corrected chi connectivity index (χ2v) is 9.91. The van der Waals surface area contributed by atoms with Crippen LogP contribution in [0.1, 0.15) is 23.2 Å². The lowest BCUT2D eigenvalue weighted by Crippen LogP contribution is -2.28. The maximum Gasteiger partial charge on any atom is 0.254 e. The summed E-state index contributed by atoms with van der Waals surface area (Å²) in [5.41, 5.74) is 3.84. The summed E-state index contributed by atoms with van der Waals surface area (Å²) in [6.07, 6.45) is 6.74. The van der Waals surface area contributed by atoms with Gasteiger partial charge in [0, 0.05) is 38.8 Å². The summed E-state index contributed by atoms with van der Waals surface area (Å²) in [6.45, 7) is 2.58. The van der Waals surface area contributed by atoms with E-state index in [0.717, 1.165) is 39.2 Å². The van der Waals surface area contributed by atoms with Crippen LogP contribution >= 0.6 is 23.2 Å². The van der Waals surface area contributed by atoms with Gasteiger partial charge < -0.3 is 4.57 Å². The molecule has 166 valence electrons. The van der Waals surface area contributed by atoms with Crippen molar-refractivity contribution in [3.8, 4) is 0 Å². The molecule has 3 aliphatic rings. The zero-order valence-corrected chi connectivity index (χ0v) is 19.4. The Morgan fingerprint density at radius 1 is 1.03 bits per heavy atom. The Morgan fingerprint density at radius 2 is 1.73 bits per heavy atom. The molecular formula is C26H21Cl2N3O2. The predicted molar refractivity (Wildman–Crippen MR) is 129 cm³/mol. The van der Waals surface area contributed by atoms with Crippen LogP contribution in [0.5, 0.6) is 0 Å². The number of nitrogens with zero attached hydrogens (tertiary/aromatic N) is 3. The number of carbonyl (C=O) groups is 2. The Bertz CT molecular complexity index is 1360. The summed E-state index contributed by atoms with van der Waals surface area (Å²) >= 11 is 12.5. The minimum atomic E-state index is -0.251. The Labute approximate surface area is 201 Å². The van der Waals surface area contributed by atoms with Crippen molar-refractivity contribution in [2.24, 2.45) is 28.8 Å². The fraction of sp³-hybridized carbons (Fsp3) is 0.269. The maximum absolute atomic E-state index is 13.0. The molecule has 33 heavy (non-hydrogen) atoms. The van der Waals surface area contributed by atoms with E-state index in [4.69, 9.17) is 23.2 Å². The monoisotopic (exact) mass is 477 g/mol. The molecule has 2 fully saturated rings. The molecule has 0 spiro atoms. The van der Waals surface area contributed by atoms with E-state index in [0.29, 0.717) is 16.6 Å². The van der Waals surface area contributed by atoms with Crippen LogP contribution in [-0.2, 0) is 16.1 Å². The molecule has 2 bridgehead atoms. The smallest absolute Gasteiger partial charge is 0.254 e. The highest BCUT2D eigenvalue weighted by atomic mass is 35.5. The van der Waals surface area contributed by atoms with Gasteiger partial charge in [-0.05, 0) is 48.9 Å². The molecule has 3 aromatic rings. The highest BCUT2D eigenvalue weighted by Crippen LogP contribution is 2.52. The molecule has 4 atom stereocenters. The molecule has 1 aliphatic heterocycles. The Balaban J connectivity index is 1.36. The van der Waals surface area contributed by atoms with E-state index in [1.807, 2.05) is 43.3 Å². The van der Waals surface area contributed by atoms with Gasteiger partial charge in [-0.2, -0.15) is 10.1 Å². The normalized spacial score (nSPS) is 25.8. The van der Waals surface area contributed by atoms with Crippen molar-refractivity contribution in [3.05, 3.63) is 81.5 Å². The first-order valence-corrected chi connectivity index (χ1v) is 11.8. The first-order chi connectivity index (χ1) is 15.9. The van der Waals surface area contributed by atoms with Gasteiger partial charge in [0.05, 0.1) is 18.1 Å². The van der Waals surface area contributed by atoms with Crippen LogP contribution in [-0.4, -0.2) is 27.6 Å². The highest BCUT2D eigenvalue weighted by molar-refractivity contribution is 6.35. The average Bonchev–Trinajstić information content (AvgIpc) is 3.53. The zero-order valence-electron chi connectivity index (χ0n) is 17.9. The van der Waals surface area contributed by atoms with E-state index in [1.165, 1.54) is 0 Å². The van der Waals surface area contributed by atoms with Gasteiger partial charge >= 0.3 is 0 Å². The van der Waals surface area contributed by atoms with Gasteiger partial charge in [0.1, 0.15) is 0 Å². The minimum absolute atomic E-state index is 0.171. The molecule has 0 N–H and O–H groups in total. The predicted octanol–water partition coefficient (Wildman–Crippen LogP) is 5.45. The van der Waals surface area contributed by atoms with E-state index in [1.54, 1.807) is 12.3 Å². The summed E-state index contributed by atoms with van der Waals surface area (Å²) in [5.74, 6) is -0.507. The average molecular weight is 478 g/mol. The van der Waals surface area contributed by atoms with E-state index in [2.05, 4.69) is 21.8 Å². The third-order valence-corrected chi connectivity index (χ3v) is 7.96. The molecule has 1 saturated carbocycles. The number of hydrogen-bond donors (Lipinski definition) is 0. The Hall–Kier alpha value is -2.89. The fourth-order valence-corrected chi connectivity index (χ4v) is 6.23. The van der Waals surface area contributed by atoms with Crippen LogP contribution in [0, 0.1) is 30.6 Å². The first kappa shape index (κ1) is 20.7. The summed E-state index contributed by atoms with van der Waals surface area (Å²) in [5, 5.41) is 7.73. The number of carbonyl (C=O) groups excluding carboxylic acids is 2. The molecule has 2 aromatic carbocycles. The summed E-state index contributed by atoms with van der Waals surface area (Å²) < 4.78 is 2.16. The number of hydrogen-bond acceptors (Lipinski definition) is 3. The molecule has 2 amide bonds. The summed E-state index contributed by atoms with van der Waals surface area (Å²) in [6, 6.07) is 13.5. The number of para-hydroxylation sites is 1. The molecule has 6 rings (SSSR count). The number of imide groups is 1. The van der Waals surface area contributed by atoms with Gasteiger partial charge in [0.15, 0.2) is 0 Å². The summed E-state index contributed by atoms with van der Waals surface area (Å²) in [7, 11) is 0. The largest absolute Gasteiger partial charge is 0.340 e. The fourth-order valence-electron chi connectivity index (χ4n) is 5.76. The standard InChI is InChI=1S/C26H21Cl2N3O2/c1-14-20(12-29-31-25(32)23-15-6-7-16(10-15)24(23)26(31)33)19-4-2-3-5-22(19)30(14)13-17-8-9-18(27)11-21(17)28/h2-9,11-12,15-16,23-24H,10,13H2,1H3/t15-,16-,23-,24+/m0/s1. The lowest BCUT2D eigenvalue weighted by molar-refractivity contribution is -0.140. The van der Waals surface area contributed by atoms with Gasteiger partial charge in [-0.25, -0.2) is 0 Å². The number of benzene rings is 2. The molecule has 0 unspecified atom stereocenters. The van der Waals surface area contributed by atoms with Crippen LogP contribution in [0.25, 0.3) is 10.9 Å². The van der Waals surface area contributed by atoms with Crippen LogP contribution in [0.2, 0.25) is 10.0 Å². The van der Waals surface area contributed by atoms with E-state index >= 15 is 0 Å². The number of fused-ring (bicyclic) bond motifs is 6. The van der Waals surface area contributed by atoms with E-state index in [-0.39, 0.29) is 35.5 Å². The van der Waals surface area contributed by atoms with Crippen molar-refractivity contribution in [3.63, 3.8) is 0 Å². The first-order valence-electron chi connectivity index (χ1n) is 11.1. The third-order valence-electron chi connectivity index (χ3n) is 7.37. The van der Waals surface area contributed by atoms with Crippen molar-refractivity contribution in [1.82, 2.24) is 9.58 Å². The number of amides is 2. The number of halogens is 2. The van der Waals surface area contributed by atoms with Crippen molar-refractivity contribution in [2.75, 3.05) is 0 Å². The van der Waals surface area contributed by atoms with E-state index in [9.17, 15) is 9.59 Å². The molecule has 0 radical (unpaired) electrons. The van der Waals surface area contributed by atoms with E-state index < -0.39 is 0 Å². The molecule has 2 aliphatic carbocycles. The van der Waals surface area contributed by atoms with Gasteiger partial charge in [-0.15, -0.1) is 0 Å². The highest BCUT2D eigenvalue weighted by Gasteiger charge is 2.59. The second kappa shape index (κ2) is 7.57. The molecular weight excluding hydrogens is 457 g/mol. The van der Waals surface area contributed by atoms with Gasteiger partial charge in [0.2, 0.25) is 0 Å². The Kier molecular flexibility index (Phi) is 4.75. The van der Waals surface area contributed by atoms with Crippen molar-refractivity contribution in [2.45, 2.75) is 19.9 Å². The van der Waals surface area contributed by atoms with Crippen molar-refractivity contribution in [1.29, 1.82) is 0 Å². The maximum atomic E-state index is 13.0. The molecule has 1 saturated heterocycles. The van der Waals surface area contributed by atoms with Crippen LogP contribution in [0.3, 0.4) is 0 Å². The molecule has 5 nitrogen and oxygen atoms in total. The van der Waals surface area contributed by atoms with Crippen LogP contribution in [0.4, 0.5) is 0 Å². The lowest BCUT2D eigenvalue weighted by atomic mass is 9.85. The molecule has 7 heteroatoms. The number of aromatic nitrogens is 1. The van der Waals surface area contributed by atoms with Crippen LogP contribution < -0.4 is 0 Å². The van der Waals surface area contributed by atoms with Crippen molar-refractivity contribution < 1.29 is 9.59 Å². The van der Waals surface area contributed by atoms with Crippen LogP contribution in [0.15, 0.2) is 59.7 Å². The quantitative estimate of drug-likeness (QED) is 0.285. The SMILES string of the molecule is Cc1c(C=NN2C(=O)[C@@H]3[C@H](C2=O)[C@H]2C=C[C@H]3C2)c2ccccc2n1Cc1ccc(Cl)cc1Cl. The molecule has 1 aromatic heterocycles. The third kappa shape index (κ3) is 3.10. The zero-order chi connectivity index (χ0) is 22.9. The Morgan fingerprint density at radius 3 is 2.42 bits per heavy atom. The number of rotatable bonds is 4. The van der Waals surface area contributed by atoms with Crippen molar-refractivity contribution >= 4 is 52.1 Å². The molecule has 2 heterocycles. The number of hydrazone groups is 1.